The Hall–Kier alpha value is -1.89. The Morgan fingerprint density at radius 2 is 2.18 bits per heavy atom. The lowest BCUT2D eigenvalue weighted by Crippen LogP contribution is -2.55. The molecule has 3 heteroatoms. The second kappa shape index (κ2) is 5.39. The van der Waals surface area contributed by atoms with Crippen LogP contribution in [0.2, 0.25) is 0 Å². The van der Waals surface area contributed by atoms with Gasteiger partial charge in [0.1, 0.15) is 0 Å². The van der Waals surface area contributed by atoms with Crippen LogP contribution in [0, 0.1) is 24.2 Å². The van der Waals surface area contributed by atoms with E-state index in [1.165, 1.54) is 0 Å². The number of aliphatic hydroxyl groups is 1. The van der Waals surface area contributed by atoms with Crippen molar-refractivity contribution in [2.75, 3.05) is 13.1 Å². The van der Waals surface area contributed by atoms with Gasteiger partial charge in [0.2, 0.25) is 0 Å². The smallest absolute Gasteiger partial charge is 0.0952 e. The Kier molecular flexibility index (Phi) is 3.37. The topological polar surface area (TPSA) is 36.4 Å². The first-order valence-corrected chi connectivity index (χ1v) is 8.00. The second-order valence-corrected chi connectivity index (χ2v) is 6.48. The number of fused-ring (bicyclic) bond motifs is 4. The Balaban J connectivity index is 1.67. The molecule has 0 radical (unpaired) electrons. The average Bonchev–Trinajstić information content (AvgIpc) is 2.60. The van der Waals surface area contributed by atoms with Gasteiger partial charge in [0, 0.05) is 30.1 Å². The summed E-state index contributed by atoms with van der Waals surface area (Å²) in [6, 6.07) is 10.1. The summed E-state index contributed by atoms with van der Waals surface area (Å²) in [4.78, 5) is 6.77. The highest BCUT2D eigenvalue weighted by Gasteiger charge is 2.42. The molecular formula is C19H20N2O. The number of aliphatic hydroxyl groups excluding tert-OH is 1. The summed E-state index contributed by atoms with van der Waals surface area (Å²) in [6.07, 6.45) is 9.12. The summed E-state index contributed by atoms with van der Waals surface area (Å²) >= 11 is 0. The van der Waals surface area contributed by atoms with Crippen molar-refractivity contribution < 1.29 is 5.11 Å². The molecule has 1 unspecified atom stereocenters. The molecule has 3 saturated heterocycles. The third kappa shape index (κ3) is 2.11. The van der Waals surface area contributed by atoms with Crippen LogP contribution < -0.4 is 0 Å². The molecule has 0 spiro atoms. The standard InChI is InChI=1S/C19H20N2O/c1-2-13-12-21-10-8-14(13)11-18(21)19(22)16-7-9-20-17-6-4-3-5-15(16)17/h1,3-7,9,13-14,18-19,22H,8,10-12H2/t13-,14-,18+,19+/m0/s1. The van der Waals surface area contributed by atoms with E-state index in [2.05, 4.69) is 15.8 Å². The molecule has 3 nitrogen and oxygen atoms in total. The normalized spacial score (nSPS) is 31.8. The average molecular weight is 292 g/mol. The van der Waals surface area contributed by atoms with Crippen LogP contribution in [-0.2, 0) is 0 Å². The van der Waals surface area contributed by atoms with Gasteiger partial charge in [-0.15, -0.1) is 12.3 Å². The molecule has 3 aliphatic heterocycles. The molecule has 0 amide bonds. The third-order valence-electron chi connectivity index (χ3n) is 5.38. The first kappa shape index (κ1) is 13.8. The van der Waals surface area contributed by atoms with Gasteiger partial charge >= 0.3 is 0 Å². The Bertz CT molecular complexity index is 730. The fraction of sp³-hybridized carbons (Fsp3) is 0.421. The quantitative estimate of drug-likeness (QED) is 0.864. The van der Waals surface area contributed by atoms with Gasteiger partial charge in [-0.1, -0.05) is 18.2 Å². The number of pyridine rings is 1. The molecule has 2 aromatic rings. The van der Waals surface area contributed by atoms with Crippen LogP contribution in [0.1, 0.15) is 24.5 Å². The molecule has 4 heterocycles. The number of benzene rings is 1. The van der Waals surface area contributed by atoms with Crippen LogP contribution in [-0.4, -0.2) is 34.1 Å². The zero-order valence-electron chi connectivity index (χ0n) is 12.5. The van der Waals surface area contributed by atoms with Gasteiger partial charge in [-0.05, 0) is 43.0 Å². The molecular weight excluding hydrogens is 272 g/mol. The van der Waals surface area contributed by atoms with Crippen LogP contribution in [0.15, 0.2) is 36.5 Å². The van der Waals surface area contributed by atoms with Crippen LogP contribution in [0.4, 0.5) is 0 Å². The minimum atomic E-state index is -0.477. The van der Waals surface area contributed by atoms with Crippen LogP contribution in [0.5, 0.6) is 0 Å². The van der Waals surface area contributed by atoms with Gasteiger partial charge < -0.3 is 5.11 Å². The maximum atomic E-state index is 11.0. The van der Waals surface area contributed by atoms with Gasteiger partial charge in [-0.25, -0.2) is 0 Å². The highest BCUT2D eigenvalue weighted by molar-refractivity contribution is 5.82. The molecule has 1 N–H and O–H groups in total. The summed E-state index contributed by atoms with van der Waals surface area (Å²) in [5, 5.41) is 12.1. The van der Waals surface area contributed by atoms with E-state index in [0.717, 1.165) is 42.4 Å². The van der Waals surface area contributed by atoms with Gasteiger partial charge in [0.05, 0.1) is 11.6 Å². The molecule has 0 aliphatic carbocycles. The van der Waals surface area contributed by atoms with Crippen molar-refractivity contribution in [1.29, 1.82) is 0 Å². The van der Waals surface area contributed by atoms with Crippen molar-refractivity contribution >= 4 is 10.9 Å². The monoisotopic (exact) mass is 292 g/mol. The maximum absolute atomic E-state index is 11.0. The molecule has 3 fully saturated rings. The highest BCUT2D eigenvalue weighted by atomic mass is 16.3. The number of piperidine rings is 3. The van der Waals surface area contributed by atoms with Gasteiger partial charge in [0.15, 0.2) is 0 Å². The number of hydrogen-bond donors (Lipinski definition) is 1. The Labute approximate surface area is 131 Å². The second-order valence-electron chi connectivity index (χ2n) is 6.48. The lowest BCUT2D eigenvalue weighted by atomic mass is 9.74. The summed E-state index contributed by atoms with van der Waals surface area (Å²) in [7, 11) is 0. The van der Waals surface area contributed by atoms with Crippen molar-refractivity contribution in [2.24, 2.45) is 11.8 Å². The zero-order valence-corrected chi connectivity index (χ0v) is 12.5. The van der Waals surface area contributed by atoms with Crippen LogP contribution >= 0.6 is 0 Å². The molecule has 5 atom stereocenters. The number of hydrogen-bond acceptors (Lipinski definition) is 3. The predicted molar refractivity (Wildman–Crippen MR) is 87.1 cm³/mol. The molecule has 1 aromatic heterocycles. The summed E-state index contributed by atoms with van der Waals surface area (Å²) in [5.74, 6) is 3.84. The van der Waals surface area contributed by atoms with Crippen molar-refractivity contribution in [1.82, 2.24) is 9.88 Å². The summed E-state index contributed by atoms with van der Waals surface area (Å²) in [5.41, 5.74) is 1.93. The molecule has 112 valence electrons. The number of aromatic nitrogens is 1. The minimum Gasteiger partial charge on any atom is -0.387 e. The Morgan fingerprint density at radius 3 is 2.95 bits per heavy atom. The molecule has 22 heavy (non-hydrogen) atoms. The summed E-state index contributed by atoms with van der Waals surface area (Å²) < 4.78 is 0. The molecule has 5 rings (SSSR count). The lowest BCUT2D eigenvalue weighted by Gasteiger charge is -2.50. The van der Waals surface area contributed by atoms with E-state index in [1.807, 2.05) is 30.3 Å². The number of para-hydroxylation sites is 1. The van der Waals surface area contributed by atoms with E-state index in [9.17, 15) is 5.11 Å². The van der Waals surface area contributed by atoms with Crippen molar-refractivity contribution in [3.05, 3.63) is 42.1 Å². The highest BCUT2D eigenvalue weighted by Crippen LogP contribution is 2.41. The van der Waals surface area contributed by atoms with E-state index in [-0.39, 0.29) is 6.04 Å². The first-order valence-electron chi connectivity index (χ1n) is 8.00. The maximum Gasteiger partial charge on any atom is 0.0952 e. The third-order valence-corrected chi connectivity index (χ3v) is 5.38. The largest absolute Gasteiger partial charge is 0.387 e. The number of nitrogens with zero attached hydrogens (tertiary/aromatic N) is 2. The SMILES string of the molecule is C#C[C@H]1CN2CC[C@H]1C[C@@H]2[C@H](O)c1ccnc2ccccc12. The fourth-order valence-corrected chi connectivity index (χ4v) is 4.17. The van der Waals surface area contributed by atoms with Crippen molar-refractivity contribution in [2.45, 2.75) is 25.0 Å². The van der Waals surface area contributed by atoms with E-state index in [4.69, 9.17) is 6.42 Å². The Morgan fingerprint density at radius 1 is 1.32 bits per heavy atom. The fourth-order valence-electron chi connectivity index (χ4n) is 4.17. The summed E-state index contributed by atoms with van der Waals surface area (Å²) in [6.45, 7) is 1.97. The molecule has 1 aromatic carbocycles. The zero-order chi connectivity index (χ0) is 15.1. The van der Waals surface area contributed by atoms with E-state index >= 15 is 0 Å². The molecule has 2 bridgehead atoms. The van der Waals surface area contributed by atoms with Crippen molar-refractivity contribution in [3.63, 3.8) is 0 Å². The van der Waals surface area contributed by atoms with Crippen molar-refractivity contribution in [3.8, 4) is 12.3 Å². The lowest BCUT2D eigenvalue weighted by molar-refractivity contribution is -0.0425. The number of terminal acetylenes is 1. The first-order chi connectivity index (χ1) is 10.8. The molecule has 3 aliphatic rings. The van der Waals surface area contributed by atoms with E-state index in [1.54, 1.807) is 6.20 Å². The van der Waals surface area contributed by atoms with E-state index < -0.39 is 6.10 Å². The molecule has 0 saturated carbocycles. The van der Waals surface area contributed by atoms with Gasteiger partial charge in [-0.3, -0.25) is 9.88 Å². The minimum absolute atomic E-state index is 0.175. The van der Waals surface area contributed by atoms with Gasteiger partial charge in [-0.2, -0.15) is 0 Å². The predicted octanol–water partition coefficient (Wildman–Crippen LogP) is 2.61. The van der Waals surface area contributed by atoms with E-state index in [0.29, 0.717) is 11.8 Å². The van der Waals surface area contributed by atoms with Gasteiger partial charge in [0.25, 0.3) is 0 Å². The number of rotatable bonds is 2. The van der Waals surface area contributed by atoms with Crippen LogP contribution in [0.25, 0.3) is 10.9 Å². The van der Waals surface area contributed by atoms with Crippen LogP contribution in [0.3, 0.4) is 0 Å².